The van der Waals surface area contributed by atoms with Crippen LogP contribution in [0.5, 0.6) is 5.75 Å². The van der Waals surface area contributed by atoms with Gasteiger partial charge in [-0.15, -0.1) is 0 Å². The summed E-state index contributed by atoms with van der Waals surface area (Å²) in [7, 11) is 0. The number of nitrogens with zero attached hydrogens (tertiary/aromatic N) is 1. The summed E-state index contributed by atoms with van der Waals surface area (Å²) in [5.41, 5.74) is 2.29. The van der Waals surface area contributed by atoms with Crippen molar-refractivity contribution in [2.75, 3.05) is 6.54 Å². The molecule has 0 radical (unpaired) electrons. The van der Waals surface area contributed by atoms with E-state index in [1.165, 1.54) is 12.8 Å². The first kappa shape index (κ1) is 19.5. The molecule has 144 valence electrons. The molecule has 3 rings (SSSR count). The standard InChI is InChI=1S/C24H31NO2/c1-19(2)16-25(24(26)22-12-6-7-13-22)17-21-11-8-14-23(15-21)27-18-20-9-4-3-5-10-20/h3-5,8-11,14-15,19,22H,6-7,12-13,16-18H2,1-2H3. The lowest BCUT2D eigenvalue weighted by molar-refractivity contribution is -0.136. The summed E-state index contributed by atoms with van der Waals surface area (Å²) in [6.07, 6.45) is 4.48. The van der Waals surface area contributed by atoms with Crippen molar-refractivity contribution in [3.05, 3.63) is 65.7 Å². The second-order valence-electron chi connectivity index (χ2n) is 8.02. The molecule has 0 atom stereocenters. The minimum atomic E-state index is 0.223. The van der Waals surface area contributed by atoms with E-state index in [0.717, 1.165) is 36.3 Å². The molecule has 27 heavy (non-hydrogen) atoms. The summed E-state index contributed by atoms with van der Waals surface area (Å²) in [4.78, 5) is 15.0. The summed E-state index contributed by atoms with van der Waals surface area (Å²) in [6, 6.07) is 18.3. The summed E-state index contributed by atoms with van der Waals surface area (Å²) in [6.45, 7) is 6.38. The van der Waals surface area contributed by atoms with Gasteiger partial charge in [-0.25, -0.2) is 0 Å². The van der Waals surface area contributed by atoms with Gasteiger partial charge in [0.15, 0.2) is 0 Å². The third-order valence-electron chi connectivity index (χ3n) is 5.12. The topological polar surface area (TPSA) is 29.5 Å². The van der Waals surface area contributed by atoms with Crippen LogP contribution in [0.25, 0.3) is 0 Å². The molecule has 0 unspecified atom stereocenters. The van der Waals surface area contributed by atoms with Crippen LogP contribution in [0.3, 0.4) is 0 Å². The van der Waals surface area contributed by atoms with Gasteiger partial charge in [0.1, 0.15) is 12.4 Å². The smallest absolute Gasteiger partial charge is 0.225 e. The fourth-order valence-electron chi connectivity index (χ4n) is 3.80. The fourth-order valence-corrected chi connectivity index (χ4v) is 3.80. The van der Waals surface area contributed by atoms with Crippen molar-refractivity contribution >= 4 is 5.91 Å². The van der Waals surface area contributed by atoms with Gasteiger partial charge in [0.05, 0.1) is 0 Å². The highest BCUT2D eigenvalue weighted by atomic mass is 16.5. The average Bonchev–Trinajstić information content (AvgIpc) is 3.21. The van der Waals surface area contributed by atoms with E-state index in [2.05, 4.69) is 43.0 Å². The molecular formula is C24H31NO2. The molecule has 1 aliphatic rings. The van der Waals surface area contributed by atoms with Crippen molar-refractivity contribution < 1.29 is 9.53 Å². The molecule has 3 nitrogen and oxygen atoms in total. The number of carbonyl (C=O) groups is 1. The molecule has 0 saturated heterocycles. The molecule has 0 heterocycles. The zero-order valence-electron chi connectivity index (χ0n) is 16.6. The lowest BCUT2D eigenvalue weighted by Crippen LogP contribution is -2.37. The minimum absolute atomic E-state index is 0.223. The minimum Gasteiger partial charge on any atom is -0.489 e. The highest BCUT2D eigenvalue weighted by molar-refractivity contribution is 5.79. The van der Waals surface area contributed by atoms with Gasteiger partial charge in [-0.1, -0.05) is 69.2 Å². The molecule has 0 bridgehead atoms. The highest BCUT2D eigenvalue weighted by Crippen LogP contribution is 2.28. The first-order valence-corrected chi connectivity index (χ1v) is 10.2. The molecule has 0 N–H and O–H groups in total. The molecule has 1 amide bonds. The Morgan fingerprint density at radius 3 is 2.44 bits per heavy atom. The predicted molar refractivity (Wildman–Crippen MR) is 109 cm³/mol. The molecule has 1 saturated carbocycles. The Hall–Kier alpha value is -2.29. The summed E-state index contributed by atoms with van der Waals surface area (Å²) >= 11 is 0. The van der Waals surface area contributed by atoms with Crippen LogP contribution in [0, 0.1) is 11.8 Å². The van der Waals surface area contributed by atoms with Crippen LogP contribution in [0.2, 0.25) is 0 Å². The van der Waals surface area contributed by atoms with Crippen LogP contribution in [0.1, 0.15) is 50.7 Å². The Kier molecular flexibility index (Phi) is 6.92. The van der Waals surface area contributed by atoms with Gasteiger partial charge in [-0.05, 0) is 42.0 Å². The van der Waals surface area contributed by atoms with Gasteiger partial charge in [0.25, 0.3) is 0 Å². The lowest BCUT2D eigenvalue weighted by Gasteiger charge is -2.27. The summed E-state index contributed by atoms with van der Waals surface area (Å²) < 4.78 is 5.95. The SMILES string of the molecule is CC(C)CN(Cc1cccc(OCc2ccccc2)c1)C(=O)C1CCCC1. The van der Waals surface area contributed by atoms with Crippen molar-refractivity contribution in [3.63, 3.8) is 0 Å². The fraction of sp³-hybridized carbons (Fsp3) is 0.458. The number of ether oxygens (including phenoxy) is 1. The molecular weight excluding hydrogens is 334 g/mol. The van der Waals surface area contributed by atoms with E-state index >= 15 is 0 Å². The highest BCUT2D eigenvalue weighted by Gasteiger charge is 2.27. The van der Waals surface area contributed by atoms with E-state index in [-0.39, 0.29) is 5.92 Å². The average molecular weight is 366 g/mol. The Morgan fingerprint density at radius 2 is 1.74 bits per heavy atom. The molecule has 0 aromatic heterocycles. The molecule has 2 aromatic carbocycles. The molecule has 1 fully saturated rings. The summed E-state index contributed by atoms with van der Waals surface area (Å²) in [5, 5.41) is 0. The van der Waals surface area contributed by atoms with Crippen molar-refractivity contribution in [3.8, 4) is 5.75 Å². The zero-order valence-corrected chi connectivity index (χ0v) is 16.6. The number of carbonyl (C=O) groups excluding carboxylic acids is 1. The second kappa shape index (κ2) is 9.59. The second-order valence-corrected chi connectivity index (χ2v) is 8.02. The first-order valence-electron chi connectivity index (χ1n) is 10.2. The Morgan fingerprint density at radius 1 is 1.04 bits per heavy atom. The quantitative estimate of drug-likeness (QED) is 0.623. The third kappa shape index (κ3) is 5.85. The van der Waals surface area contributed by atoms with Gasteiger partial charge in [0.2, 0.25) is 5.91 Å². The molecule has 3 heteroatoms. The van der Waals surface area contributed by atoms with E-state index in [1.54, 1.807) is 0 Å². The molecule has 1 aliphatic carbocycles. The Balaban J connectivity index is 1.65. The lowest BCUT2D eigenvalue weighted by atomic mass is 10.0. The molecule has 0 aliphatic heterocycles. The maximum absolute atomic E-state index is 13.0. The Bertz CT molecular complexity index is 720. The zero-order chi connectivity index (χ0) is 19.1. The monoisotopic (exact) mass is 365 g/mol. The van der Waals surface area contributed by atoms with Crippen LogP contribution in [-0.2, 0) is 17.9 Å². The van der Waals surface area contributed by atoms with E-state index in [4.69, 9.17) is 4.74 Å². The van der Waals surface area contributed by atoms with Crippen LogP contribution in [0.15, 0.2) is 54.6 Å². The maximum Gasteiger partial charge on any atom is 0.225 e. The van der Waals surface area contributed by atoms with E-state index in [9.17, 15) is 4.79 Å². The number of amides is 1. The van der Waals surface area contributed by atoms with Gasteiger partial charge < -0.3 is 9.64 Å². The van der Waals surface area contributed by atoms with Crippen LogP contribution in [0.4, 0.5) is 0 Å². The summed E-state index contributed by atoms with van der Waals surface area (Å²) in [5.74, 6) is 1.88. The van der Waals surface area contributed by atoms with Crippen molar-refractivity contribution in [1.29, 1.82) is 0 Å². The van der Waals surface area contributed by atoms with Gasteiger partial charge in [0, 0.05) is 19.0 Å². The van der Waals surface area contributed by atoms with E-state index in [1.807, 2.05) is 30.3 Å². The maximum atomic E-state index is 13.0. The number of hydrogen-bond acceptors (Lipinski definition) is 2. The normalized spacial score (nSPS) is 14.5. The molecule has 0 spiro atoms. The van der Waals surface area contributed by atoms with E-state index < -0.39 is 0 Å². The van der Waals surface area contributed by atoms with Gasteiger partial charge >= 0.3 is 0 Å². The van der Waals surface area contributed by atoms with Gasteiger partial charge in [-0.3, -0.25) is 4.79 Å². The Labute approximate surface area is 163 Å². The largest absolute Gasteiger partial charge is 0.489 e. The van der Waals surface area contributed by atoms with E-state index in [0.29, 0.717) is 25.0 Å². The van der Waals surface area contributed by atoms with Gasteiger partial charge in [-0.2, -0.15) is 0 Å². The third-order valence-corrected chi connectivity index (χ3v) is 5.12. The first-order chi connectivity index (χ1) is 13.1. The van der Waals surface area contributed by atoms with Crippen molar-refractivity contribution in [2.45, 2.75) is 52.7 Å². The van der Waals surface area contributed by atoms with Crippen LogP contribution < -0.4 is 4.74 Å². The van der Waals surface area contributed by atoms with Crippen LogP contribution >= 0.6 is 0 Å². The molecule has 2 aromatic rings. The number of benzene rings is 2. The number of hydrogen-bond donors (Lipinski definition) is 0. The predicted octanol–water partition coefficient (Wildman–Crippen LogP) is 5.44. The number of rotatable bonds is 8. The van der Waals surface area contributed by atoms with Crippen molar-refractivity contribution in [2.24, 2.45) is 11.8 Å². The van der Waals surface area contributed by atoms with Crippen LogP contribution in [-0.4, -0.2) is 17.4 Å². The van der Waals surface area contributed by atoms with Crippen molar-refractivity contribution in [1.82, 2.24) is 4.90 Å².